The predicted molar refractivity (Wildman–Crippen MR) is 61.9 cm³/mol. The molecule has 1 atom stereocenters. The molecule has 0 bridgehead atoms. The highest BCUT2D eigenvalue weighted by Gasteiger charge is 2.30. The van der Waals surface area contributed by atoms with Crippen molar-refractivity contribution in [3.63, 3.8) is 0 Å². The van der Waals surface area contributed by atoms with E-state index in [0.29, 0.717) is 19.3 Å². The van der Waals surface area contributed by atoms with Crippen LogP contribution in [-0.4, -0.2) is 12.0 Å². The number of rotatable bonds is 0. The van der Waals surface area contributed by atoms with Crippen molar-refractivity contribution < 1.29 is 9.53 Å². The summed E-state index contributed by atoms with van der Waals surface area (Å²) < 4.78 is 5.63. The summed E-state index contributed by atoms with van der Waals surface area (Å²) >= 11 is 0. The number of anilines is 1. The fraction of sp³-hybridized carbons (Fsp3) is 0.385. The Morgan fingerprint density at radius 3 is 3.12 bits per heavy atom. The third-order valence-corrected chi connectivity index (χ3v) is 3.33. The quantitative estimate of drug-likeness (QED) is 0.735. The molecule has 4 nitrogen and oxygen atoms in total. The minimum absolute atomic E-state index is 0.0513. The Morgan fingerprint density at radius 1 is 1.53 bits per heavy atom. The van der Waals surface area contributed by atoms with Gasteiger partial charge in [-0.25, -0.2) is 0 Å². The molecule has 1 N–H and O–H groups in total. The number of ether oxygens (including phenoxy) is 1. The van der Waals surface area contributed by atoms with E-state index in [1.165, 1.54) is 0 Å². The first-order chi connectivity index (χ1) is 8.19. The van der Waals surface area contributed by atoms with Crippen LogP contribution in [0.15, 0.2) is 6.07 Å². The second-order valence-corrected chi connectivity index (χ2v) is 4.52. The molecule has 3 rings (SSSR count). The van der Waals surface area contributed by atoms with Crippen molar-refractivity contribution in [2.24, 2.45) is 0 Å². The Bertz CT molecular complexity index is 558. The van der Waals surface area contributed by atoms with E-state index >= 15 is 0 Å². The maximum atomic E-state index is 11.4. The van der Waals surface area contributed by atoms with Gasteiger partial charge in [-0.15, -0.1) is 0 Å². The third kappa shape index (κ3) is 1.47. The molecule has 2 aliphatic heterocycles. The van der Waals surface area contributed by atoms with E-state index in [1.807, 2.05) is 13.0 Å². The Labute approximate surface area is 99.2 Å². The normalized spacial score (nSPS) is 20.9. The number of nitriles is 1. The Balaban J connectivity index is 2.13. The lowest BCUT2D eigenvalue weighted by molar-refractivity contribution is -0.116. The van der Waals surface area contributed by atoms with Crippen molar-refractivity contribution in [1.29, 1.82) is 5.26 Å². The van der Waals surface area contributed by atoms with Gasteiger partial charge in [0.1, 0.15) is 11.8 Å². The number of hydrogen-bond acceptors (Lipinski definition) is 3. The molecule has 1 aromatic rings. The van der Waals surface area contributed by atoms with E-state index in [0.717, 1.165) is 28.1 Å². The number of aryl methyl sites for hydroxylation is 1. The zero-order valence-corrected chi connectivity index (χ0v) is 9.54. The first-order valence-electron chi connectivity index (χ1n) is 5.70. The zero-order chi connectivity index (χ0) is 12.0. The van der Waals surface area contributed by atoms with Crippen LogP contribution in [0.25, 0.3) is 0 Å². The summed E-state index contributed by atoms with van der Waals surface area (Å²) in [6.45, 7) is 1.98. The molecule has 0 aromatic heterocycles. The molecule has 2 aliphatic rings. The van der Waals surface area contributed by atoms with Crippen molar-refractivity contribution in [3.05, 3.63) is 22.8 Å². The summed E-state index contributed by atoms with van der Waals surface area (Å²) in [4.78, 5) is 11.4. The fourth-order valence-corrected chi connectivity index (χ4v) is 2.55. The molecule has 17 heavy (non-hydrogen) atoms. The maximum absolute atomic E-state index is 11.4. The number of benzene rings is 1. The van der Waals surface area contributed by atoms with Gasteiger partial charge in [0.2, 0.25) is 5.91 Å². The van der Waals surface area contributed by atoms with Gasteiger partial charge in [-0.05, 0) is 24.5 Å². The summed E-state index contributed by atoms with van der Waals surface area (Å²) in [7, 11) is 0. The number of hydrogen-bond donors (Lipinski definition) is 1. The standard InChI is InChI=1S/C13H12N2O2/c1-7-4-8-5-9(6-14)17-13(8)10-2-3-11(16)15-12(7)10/h4,9H,2-3,5H2,1H3,(H,15,16). The summed E-state index contributed by atoms with van der Waals surface area (Å²) in [6, 6.07) is 4.15. The smallest absolute Gasteiger partial charge is 0.224 e. The van der Waals surface area contributed by atoms with Gasteiger partial charge >= 0.3 is 0 Å². The van der Waals surface area contributed by atoms with Gasteiger partial charge in [-0.1, -0.05) is 6.07 Å². The number of carbonyl (C=O) groups excluding carboxylic acids is 1. The van der Waals surface area contributed by atoms with Crippen LogP contribution in [0.3, 0.4) is 0 Å². The predicted octanol–water partition coefficient (Wildman–Crippen LogP) is 1.71. The topological polar surface area (TPSA) is 62.1 Å². The van der Waals surface area contributed by atoms with E-state index in [1.54, 1.807) is 0 Å². The lowest BCUT2D eigenvalue weighted by Gasteiger charge is -2.21. The lowest BCUT2D eigenvalue weighted by Crippen LogP contribution is -2.20. The number of carbonyl (C=O) groups is 1. The van der Waals surface area contributed by atoms with Crippen LogP contribution < -0.4 is 10.1 Å². The van der Waals surface area contributed by atoms with Crippen LogP contribution >= 0.6 is 0 Å². The molecule has 0 saturated heterocycles. The first-order valence-corrected chi connectivity index (χ1v) is 5.70. The Hall–Kier alpha value is -2.02. The van der Waals surface area contributed by atoms with Crippen LogP contribution in [0.5, 0.6) is 5.75 Å². The molecule has 4 heteroatoms. The maximum Gasteiger partial charge on any atom is 0.224 e. The minimum atomic E-state index is -0.381. The molecule has 0 fully saturated rings. The molecule has 1 aromatic carbocycles. The summed E-state index contributed by atoms with van der Waals surface area (Å²) in [5.41, 5.74) is 4.06. The monoisotopic (exact) mass is 228 g/mol. The molecule has 1 unspecified atom stereocenters. The second-order valence-electron chi connectivity index (χ2n) is 4.52. The largest absolute Gasteiger partial charge is 0.475 e. The van der Waals surface area contributed by atoms with Crippen molar-refractivity contribution in [2.45, 2.75) is 32.3 Å². The van der Waals surface area contributed by atoms with Crippen LogP contribution in [-0.2, 0) is 17.6 Å². The van der Waals surface area contributed by atoms with E-state index in [2.05, 4.69) is 11.4 Å². The van der Waals surface area contributed by atoms with E-state index < -0.39 is 0 Å². The average Bonchev–Trinajstić information content (AvgIpc) is 2.72. The third-order valence-electron chi connectivity index (χ3n) is 3.33. The zero-order valence-electron chi connectivity index (χ0n) is 9.54. The van der Waals surface area contributed by atoms with E-state index in [-0.39, 0.29) is 12.0 Å². The SMILES string of the molecule is Cc1cc2c(c3c1NC(=O)CC3)OC(C#N)C2. The highest BCUT2D eigenvalue weighted by atomic mass is 16.5. The molecule has 0 radical (unpaired) electrons. The molecule has 0 aliphatic carbocycles. The van der Waals surface area contributed by atoms with Gasteiger partial charge < -0.3 is 10.1 Å². The van der Waals surface area contributed by atoms with Crippen molar-refractivity contribution in [3.8, 4) is 11.8 Å². The van der Waals surface area contributed by atoms with Gasteiger partial charge in [0.15, 0.2) is 6.10 Å². The van der Waals surface area contributed by atoms with Gasteiger partial charge in [0.05, 0.1) is 5.69 Å². The van der Waals surface area contributed by atoms with Crippen LogP contribution in [0.4, 0.5) is 5.69 Å². The van der Waals surface area contributed by atoms with Crippen molar-refractivity contribution in [1.82, 2.24) is 0 Å². The number of nitrogens with zero attached hydrogens (tertiary/aromatic N) is 1. The molecule has 86 valence electrons. The van der Waals surface area contributed by atoms with Gasteiger partial charge in [-0.3, -0.25) is 4.79 Å². The van der Waals surface area contributed by atoms with Crippen LogP contribution in [0.2, 0.25) is 0 Å². The highest BCUT2D eigenvalue weighted by molar-refractivity contribution is 5.95. The van der Waals surface area contributed by atoms with Crippen LogP contribution in [0, 0.1) is 18.3 Å². The summed E-state index contributed by atoms with van der Waals surface area (Å²) in [6.07, 6.45) is 1.45. The van der Waals surface area contributed by atoms with E-state index in [9.17, 15) is 4.79 Å². The van der Waals surface area contributed by atoms with Crippen molar-refractivity contribution in [2.75, 3.05) is 5.32 Å². The average molecular weight is 228 g/mol. The molecular weight excluding hydrogens is 216 g/mol. The number of fused-ring (bicyclic) bond motifs is 3. The molecule has 0 spiro atoms. The molecule has 1 amide bonds. The highest BCUT2D eigenvalue weighted by Crippen LogP contribution is 2.41. The van der Waals surface area contributed by atoms with E-state index in [4.69, 9.17) is 10.00 Å². The summed E-state index contributed by atoms with van der Waals surface area (Å²) in [5, 5.41) is 11.8. The molecule has 0 saturated carbocycles. The number of nitrogens with one attached hydrogen (secondary N) is 1. The first kappa shape index (κ1) is 10.2. The van der Waals surface area contributed by atoms with Crippen molar-refractivity contribution >= 4 is 11.6 Å². The lowest BCUT2D eigenvalue weighted by atomic mass is 9.95. The summed E-state index contributed by atoms with van der Waals surface area (Å²) in [5.74, 6) is 0.868. The Kier molecular flexibility index (Phi) is 2.08. The van der Waals surface area contributed by atoms with Gasteiger partial charge in [-0.2, -0.15) is 5.26 Å². The molecular formula is C13H12N2O2. The minimum Gasteiger partial charge on any atom is -0.475 e. The number of amides is 1. The Morgan fingerprint density at radius 2 is 2.35 bits per heavy atom. The van der Waals surface area contributed by atoms with Crippen LogP contribution in [0.1, 0.15) is 23.1 Å². The van der Waals surface area contributed by atoms with Gasteiger partial charge in [0.25, 0.3) is 0 Å². The second kappa shape index (κ2) is 3.49. The molecule has 2 heterocycles. The fourth-order valence-electron chi connectivity index (χ4n) is 2.55. The van der Waals surface area contributed by atoms with Gasteiger partial charge in [0, 0.05) is 18.4 Å².